The topological polar surface area (TPSA) is 80.3 Å². The minimum absolute atomic E-state index is 0.0662. The normalized spacial score (nSPS) is 11.9. The van der Waals surface area contributed by atoms with E-state index in [0.717, 1.165) is 11.1 Å². The third kappa shape index (κ3) is 5.55. The lowest BCUT2D eigenvalue weighted by Gasteiger charge is -2.20. The summed E-state index contributed by atoms with van der Waals surface area (Å²) in [6.45, 7) is 6.24. The fraction of sp³-hybridized carbons (Fsp3) is 0.261. The van der Waals surface area contributed by atoms with E-state index in [2.05, 4.69) is 36.0 Å². The van der Waals surface area contributed by atoms with Crippen LogP contribution in [0.3, 0.4) is 0 Å². The zero-order chi connectivity index (χ0) is 22.6. The number of nitrogens with one attached hydrogen (secondary N) is 2. The summed E-state index contributed by atoms with van der Waals surface area (Å²) < 4.78 is 28.8. The van der Waals surface area contributed by atoms with Crippen molar-refractivity contribution in [1.29, 1.82) is 0 Å². The molecule has 0 saturated heterocycles. The van der Waals surface area contributed by atoms with Gasteiger partial charge in [0.25, 0.3) is 10.0 Å². The largest absolute Gasteiger partial charge is 0.279 e. The van der Waals surface area contributed by atoms with Crippen LogP contribution in [0, 0.1) is 0 Å². The molecule has 2 N–H and O–H groups in total. The molecule has 1 aromatic heterocycles. The Kier molecular flexibility index (Phi) is 6.89. The van der Waals surface area contributed by atoms with Crippen LogP contribution in [0.1, 0.15) is 37.5 Å². The Bertz CT molecular complexity index is 1140. The predicted molar refractivity (Wildman–Crippen MR) is 125 cm³/mol. The van der Waals surface area contributed by atoms with Gasteiger partial charge in [0.05, 0.1) is 23.4 Å². The third-order valence-corrected chi connectivity index (χ3v) is 6.60. The van der Waals surface area contributed by atoms with Gasteiger partial charge >= 0.3 is 0 Å². The maximum Gasteiger partial charge on any atom is 0.261 e. The van der Waals surface area contributed by atoms with E-state index in [9.17, 15) is 8.42 Å². The van der Waals surface area contributed by atoms with Crippen LogP contribution in [0.2, 0.25) is 5.02 Å². The number of benzene rings is 2. The highest BCUT2D eigenvalue weighted by Gasteiger charge is 2.21. The van der Waals surface area contributed by atoms with E-state index in [4.69, 9.17) is 16.4 Å². The summed E-state index contributed by atoms with van der Waals surface area (Å²) in [4.78, 5) is 9.32. The molecule has 0 bridgehead atoms. The van der Waals surface area contributed by atoms with Gasteiger partial charge in [0.15, 0.2) is 0 Å². The molecule has 31 heavy (non-hydrogen) atoms. The number of hydrogen-bond acceptors (Lipinski definition) is 5. The summed E-state index contributed by atoms with van der Waals surface area (Å²) in [6, 6.07) is 13.9. The van der Waals surface area contributed by atoms with Crippen molar-refractivity contribution in [3.05, 3.63) is 82.6 Å². The van der Waals surface area contributed by atoms with E-state index in [1.165, 1.54) is 7.11 Å². The standard InChI is InChI=1S/C23H26ClN3O3S/c1-23(2,3)17-5-7-18(8-6-17)31(28,29)27-21-10-9-20(24)19(22(21)26-30-4)15-16-11-13-25-14-12-16/h5-14,26-27H,15H2,1-4H3. The number of halogens is 1. The molecule has 0 aliphatic carbocycles. The van der Waals surface area contributed by atoms with Crippen LogP contribution < -0.4 is 10.2 Å². The molecule has 3 rings (SSSR count). The molecule has 2 aromatic carbocycles. The second kappa shape index (κ2) is 9.26. The molecule has 0 unspecified atom stereocenters. The lowest BCUT2D eigenvalue weighted by atomic mass is 9.87. The lowest BCUT2D eigenvalue weighted by Crippen LogP contribution is -2.16. The Hall–Kier alpha value is -2.61. The monoisotopic (exact) mass is 459 g/mol. The van der Waals surface area contributed by atoms with Gasteiger partial charge in [-0.05, 0) is 52.9 Å². The SMILES string of the molecule is CONc1c(NS(=O)(=O)c2ccc(C(C)(C)C)cc2)ccc(Cl)c1Cc1ccncc1. The van der Waals surface area contributed by atoms with Crippen LogP contribution in [0.15, 0.2) is 65.8 Å². The zero-order valence-corrected chi connectivity index (χ0v) is 19.5. The van der Waals surface area contributed by atoms with Gasteiger partial charge in [-0.2, -0.15) is 0 Å². The van der Waals surface area contributed by atoms with E-state index in [-0.39, 0.29) is 10.3 Å². The van der Waals surface area contributed by atoms with Crippen LogP contribution in [0.25, 0.3) is 0 Å². The smallest absolute Gasteiger partial charge is 0.261 e. The van der Waals surface area contributed by atoms with Crippen molar-refractivity contribution >= 4 is 33.0 Å². The first-order chi connectivity index (χ1) is 14.6. The Morgan fingerprint density at radius 3 is 2.23 bits per heavy atom. The van der Waals surface area contributed by atoms with Gasteiger partial charge in [-0.1, -0.05) is 44.5 Å². The van der Waals surface area contributed by atoms with Gasteiger partial charge in [-0.25, -0.2) is 8.42 Å². The predicted octanol–water partition coefficient (Wildman–Crippen LogP) is 5.40. The van der Waals surface area contributed by atoms with Gasteiger partial charge in [-0.3, -0.25) is 20.0 Å². The number of aromatic nitrogens is 1. The Labute approximate surface area is 188 Å². The summed E-state index contributed by atoms with van der Waals surface area (Å²) in [5, 5.41) is 0.494. The summed E-state index contributed by atoms with van der Waals surface area (Å²) in [5.74, 6) is 0. The molecule has 0 aliphatic heterocycles. The fourth-order valence-electron chi connectivity index (χ4n) is 3.14. The van der Waals surface area contributed by atoms with E-state index in [0.29, 0.717) is 28.4 Å². The molecule has 1 heterocycles. The quantitative estimate of drug-likeness (QED) is 0.462. The van der Waals surface area contributed by atoms with Gasteiger partial charge in [0.1, 0.15) is 0 Å². The van der Waals surface area contributed by atoms with Gasteiger partial charge in [0, 0.05) is 29.4 Å². The Morgan fingerprint density at radius 1 is 1.00 bits per heavy atom. The number of rotatable bonds is 7. The summed E-state index contributed by atoms with van der Waals surface area (Å²) in [7, 11) is -2.36. The second-order valence-corrected chi connectivity index (χ2v) is 10.3. The van der Waals surface area contributed by atoms with Crippen LogP contribution in [0.4, 0.5) is 11.4 Å². The maximum absolute atomic E-state index is 13.1. The molecule has 0 fully saturated rings. The molecule has 0 atom stereocenters. The Morgan fingerprint density at radius 2 is 1.65 bits per heavy atom. The minimum atomic E-state index is -3.82. The molecule has 0 aliphatic rings. The Balaban J connectivity index is 1.97. The zero-order valence-electron chi connectivity index (χ0n) is 17.9. The molecule has 0 saturated carbocycles. The average Bonchev–Trinajstić information content (AvgIpc) is 2.73. The first-order valence-electron chi connectivity index (χ1n) is 9.74. The summed E-state index contributed by atoms with van der Waals surface area (Å²) in [5.41, 5.74) is 6.26. The number of sulfonamides is 1. The second-order valence-electron chi connectivity index (χ2n) is 8.17. The van der Waals surface area contributed by atoms with Crippen molar-refractivity contribution < 1.29 is 13.3 Å². The highest BCUT2D eigenvalue weighted by atomic mass is 35.5. The third-order valence-electron chi connectivity index (χ3n) is 4.87. The van der Waals surface area contributed by atoms with Gasteiger partial charge in [-0.15, -0.1) is 0 Å². The van der Waals surface area contributed by atoms with Crippen molar-refractivity contribution in [2.24, 2.45) is 0 Å². The summed E-state index contributed by atoms with van der Waals surface area (Å²) >= 11 is 6.45. The van der Waals surface area contributed by atoms with Crippen molar-refractivity contribution in [2.75, 3.05) is 17.3 Å². The van der Waals surface area contributed by atoms with E-state index in [1.807, 2.05) is 24.3 Å². The van der Waals surface area contributed by atoms with Crippen molar-refractivity contribution in [3.63, 3.8) is 0 Å². The van der Waals surface area contributed by atoms with Crippen LogP contribution in [-0.2, 0) is 26.7 Å². The number of nitrogens with zero attached hydrogens (tertiary/aromatic N) is 1. The number of hydrogen-bond donors (Lipinski definition) is 2. The van der Waals surface area contributed by atoms with Crippen molar-refractivity contribution in [2.45, 2.75) is 37.5 Å². The highest BCUT2D eigenvalue weighted by molar-refractivity contribution is 7.92. The number of pyridine rings is 1. The molecule has 0 amide bonds. The van der Waals surface area contributed by atoms with Crippen LogP contribution in [0.5, 0.6) is 0 Å². The molecule has 8 heteroatoms. The summed E-state index contributed by atoms with van der Waals surface area (Å²) in [6.07, 6.45) is 3.86. The highest BCUT2D eigenvalue weighted by Crippen LogP contribution is 2.35. The minimum Gasteiger partial charge on any atom is -0.279 e. The van der Waals surface area contributed by atoms with Crippen LogP contribution in [-0.4, -0.2) is 20.5 Å². The van der Waals surface area contributed by atoms with E-state index < -0.39 is 10.0 Å². The molecular weight excluding hydrogens is 434 g/mol. The maximum atomic E-state index is 13.1. The van der Waals surface area contributed by atoms with Gasteiger partial charge in [0.2, 0.25) is 0 Å². The molecule has 164 valence electrons. The fourth-order valence-corrected chi connectivity index (χ4v) is 4.44. The molecular formula is C23H26ClN3O3S. The average molecular weight is 460 g/mol. The van der Waals surface area contributed by atoms with E-state index >= 15 is 0 Å². The first-order valence-corrected chi connectivity index (χ1v) is 11.6. The molecule has 3 aromatic rings. The van der Waals surface area contributed by atoms with E-state index in [1.54, 1.807) is 36.7 Å². The van der Waals surface area contributed by atoms with Crippen molar-refractivity contribution in [3.8, 4) is 0 Å². The molecule has 0 radical (unpaired) electrons. The number of anilines is 2. The van der Waals surface area contributed by atoms with Gasteiger partial charge < -0.3 is 0 Å². The molecule has 6 nitrogen and oxygen atoms in total. The van der Waals surface area contributed by atoms with Crippen LogP contribution >= 0.6 is 11.6 Å². The lowest BCUT2D eigenvalue weighted by molar-refractivity contribution is 0.271. The molecule has 0 spiro atoms. The van der Waals surface area contributed by atoms with Crippen molar-refractivity contribution in [1.82, 2.24) is 4.98 Å². The first kappa shape index (κ1) is 23.1.